The van der Waals surface area contributed by atoms with Gasteiger partial charge in [-0.05, 0) is 31.5 Å². The van der Waals surface area contributed by atoms with Crippen molar-refractivity contribution in [3.05, 3.63) is 34.3 Å². The van der Waals surface area contributed by atoms with Crippen LogP contribution in [0.5, 0.6) is 0 Å². The molecule has 0 amide bonds. The van der Waals surface area contributed by atoms with Gasteiger partial charge in [0.05, 0.1) is 12.2 Å². The van der Waals surface area contributed by atoms with Gasteiger partial charge in [0, 0.05) is 11.0 Å². The molecule has 1 aromatic rings. The van der Waals surface area contributed by atoms with Crippen LogP contribution in [0.1, 0.15) is 19.4 Å². The molecule has 0 aliphatic heterocycles. The van der Waals surface area contributed by atoms with Crippen LogP contribution in [0.15, 0.2) is 28.7 Å². The highest BCUT2D eigenvalue weighted by Gasteiger charge is 2.15. The lowest BCUT2D eigenvalue weighted by Gasteiger charge is -2.23. The summed E-state index contributed by atoms with van der Waals surface area (Å²) < 4.78 is 6.75. The summed E-state index contributed by atoms with van der Waals surface area (Å²) >= 11 is 3.39. The number of nitrogens with two attached hydrogens (primary N) is 1. The average molecular weight is 258 g/mol. The molecule has 0 radical (unpaired) electrons. The molecule has 0 unspecified atom stereocenters. The lowest BCUT2D eigenvalue weighted by atomic mass is 10.1. The van der Waals surface area contributed by atoms with Gasteiger partial charge in [-0.3, -0.25) is 0 Å². The predicted octanol–water partition coefficient (Wildman–Crippen LogP) is 2.70. The van der Waals surface area contributed by atoms with E-state index in [2.05, 4.69) is 15.9 Å². The van der Waals surface area contributed by atoms with Crippen molar-refractivity contribution in [1.82, 2.24) is 0 Å². The zero-order chi connectivity index (χ0) is 10.6. The maximum absolute atomic E-state index is 5.66. The Morgan fingerprint density at radius 2 is 1.86 bits per heavy atom. The van der Waals surface area contributed by atoms with Crippen LogP contribution >= 0.6 is 15.9 Å². The van der Waals surface area contributed by atoms with Gasteiger partial charge in [-0.2, -0.15) is 0 Å². The fraction of sp³-hybridized carbons (Fsp3) is 0.455. The highest BCUT2D eigenvalue weighted by atomic mass is 79.9. The Hall–Kier alpha value is -0.380. The molecular weight excluding hydrogens is 242 g/mol. The van der Waals surface area contributed by atoms with E-state index in [4.69, 9.17) is 10.5 Å². The summed E-state index contributed by atoms with van der Waals surface area (Å²) in [4.78, 5) is 0. The van der Waals surface area contributed by atoms with Crippen LogP contribution in [0.4, 0.5) is 0 Å². The van der Waals surface area contributed by atoms with Crippen molar-refractivity contribution < 1.29 is 4.74 Å². The first-order chi connectivity index (χ1) is 6.53. The van der Waals surface area contributed by atoms with E-state index in [9.17, 15) is 0 Å². The molecule has 14 heavy (non-hydrogen) atoms. The Morgan fingerprint density at radius 3 is 2.36 bits per heavy atom. The minimum Gasteiger partial charge on any atom is -0.370 e. The van der Waals surface area contributed by atoms with Gasteiger partial charge in [-0.15, -0.1) is 0 Å². The maximum atomic E-state index is 5.66. The number of hydrogen-bond acceptors (Lipinski definition) is 2. The molecular formula is C11H16BrNO. The van der Waals surface area contributed by atoms with E-state index < -0.39 is 0 Å². The molecule has 0 atom stereocenters. The summed E-state index contributed by atoms with van der Waals surface area (Å²) in [7, 11) is 0. The summed E-state index contributed by atoms with van der Waals surface area (Å²) in [6.07, 6.45) is 0. The average Bonchev–Trinajstić information content (AvgIpc) is 2.17. The molecule has 2 N–H and O–H groups in total. The molecule has 0 heterocycles. The molecule has 78 valence electrons. The quantitative estimate of drug-likeness (QED) is 0.901. The van der Waals surface area contributed by atoms with Crippen LogP contribution in [0.2, 0.25) is 0 Å². The van der Waals surface area contributed by atoms with Crippen LogP contribution in [0.3, 0.4) is 0 Å². The second-order valence-electron chi connectivity index (χ2n) is 3.88. The highest BCUT2D eigenvalue weighted by Crippen LogP contribution is 2.14. The first kappa shape index (κ1) is 11.7. The second kappa shape index (κ2) is 4.91. The van der Waals surface area contributed by atoms with Gasteiger partial charge in [-0.25, -0.2) is 0 Å². The van der Waals surface area contributed by atoms with E-state index in [1.54, 1.807) is 0 Å². The van der Waals surface area contributed by atoms with Gasteiger partial charge >= 0.3 is 0 Å². The van der Waals surface area contributed by atoms with Crippen molar-refractivity contribution in [1.29, 1.82) is 0 Å². The Balaban J connectivity index is 2.50. The summed E-state index contributed by atoms with van der Waals surface area (Å²) in [6.45, 7) is 5.12. The molecule has 3 heteroatoms. The van der Waals surface area contributed by atoms with E-state index in [1.807, 2.05) is 38.1 Å². The molecule has 0 saturated heterocycles. The zero-order valence-electron chi connectivity index (χ0n) is 8.59. The standard InChI is InChI=1S/C11H16BrNO/c1-11(2,8-13)14-7-9-3-5-10(12)6-4-9/h3-6H,7-8,13H2,1-2H3. The molecule has 0 spiro atoms. The van der Waals surface area contributed by atoms with Gasteiger partial charge in [-0.1, -0.05) is 28.1 Å². The topological polar surface area (TPSA) is 35.2 Å². The van der Waals surface area contributed by atoms with Crippen LogP contribution in [0.25, 0.3) is 0 Å². The Bertz CT molecular complexity index is 282. The van der Waals surface area contributed by atoms with Crippen molar-refractivity contribution in [2.24, 2.45) is 5.73 Å². The molecule has 0 aliphatic rings. The molecule has 0 aromatic heterocycles. The summed E-state index contributed by atoms with van der Waals surface area (Å²) in [5.74, 6) is 0. The smallest absolute Gasteiger partial charge is 0.0752 e. The maximum Gasteiger partial charge on any atom is 0.0752 e. The summed E-state index contributed by atoms with van der Waals surface area (Å²) in [5, 5.41) is 0. The molecule has 0 fully saturated rings. The van der Waals surface area contributed by atoms with Crippen molar-refractivity contribution in [2.45, 2.75) is 26.1 Å². The number of benzene rings is 1. The van der Waals surface area contributed by atoms with Gasteiger partial charge in [0.2, 0.25) is 0 Å². The van der Waals surface area contributed by atoms with E-state index in [1.165, 1.54) is 0 Å². The fourth-order valence-corrected chi connectivity index (χ4v) is 1.18. The van der Waals surface area contributed by atoms with Crippen molar-refractivity contribution >= 4 is 15.9 Å². The van der Waals surface area contributed by atoms with Crippen LogP contribution in [-0.2, 0) is 11.3 Å². The Labute approximate surface area is 93.6 Å². The van der Waals surface area contributed by atoms with Gasteiger partial charge in [0.25, 0.3) is 0 Å². The monoisotopic (exact) mass is 257 g/mol. The number of halogens is 1. The normalized spacial score (nSPS) is 11.7. The zero-order valence-corrected chi connectivity index (χ0v) is 10.2. The van der Waals surface area contributed by atoms with E-state index in [-0.39, 0.29) is 5.60 Å². The van der Waals surface area contributed by atoms with E-state index in [0.717, 1.165) is 10.0 Å². The van der Waals surface area contributed by atoms with Gasteiger partial charge in [0.15, 0.2) is 0 Å². The third kappa shape index (κ3) is 3.78. The lowest BCUT2D eigenvalue weighted by molar-refractivity contribution is -0.0221. The Morgan fingerprint density at radius 1 is 1.29 bits per heavy atom. The largest absolute Gasteiger partial charge is 0.370 e. The Kier molecular flexibility index (Phi) is 4.11. The van der Waals surface area contributed by atoms with Crippen LogP contribution in [-0.4, -0.2) is 12.1 Å². The van der Waals surface area contributed by atoms with Crippen molar-refractivity contribution in [3.63, 3.8) is 0 Å². The molecule has 1 aromatic carbocycles. The second-order valence-corrected chi connectivity index (χ2v) is 4.79. The third-order valence-electron chi connectivity index (χ3n) is 2.03. The lowest BCUT2D eigenvalue weighted by Crippen LogP contribution is -2.33. The number of hydrogen-bond donors (Lipinski definition) is 1. The minimum absolute atomic E-state index is 0.243. The summed E-state index contributed by atoms with van der Waals surface area (Å²) in [5.41, 5.74) is 6.48. The van der Waals surface area contributed by atoms with Crippen molar-refractivity contribution in [3.8, 4) is 0 Å². The van der Waals surface area contributed by atoms with E-state index >= 15 is 0 Å². The molecule has 0 aliphatic carbocycles. The minimum atomic E-state index is -0.243. The van der Waals surface area contributed by atoms with Crippen LogP contribution < -0.4 is 5.73 Å². The summed E-state index contributed by atoms with van der Waals surface area (Å²) in [6, 6.07) is 8.09. The fourth-order valence-electron chi connectivity index (χ4n) is 0.918. The molecule has 1 rings (SSSR count). The molecule has 2 nitrogen and oxygen atoms in total. The molecule has 0 saturated carbocycles. The number of rotatable bonds is 4. The van der Waals surface area contributed by atoms with Gasteiger partial charge in [0.1, 0.15) is 0 Å². The van der Waals surface area contributed by atoms with Gasteiger partial charge < -0.3 is 10.5 Å². The van der Waals surface area contributed by atoms with Crippen molar-refractivity contribution in [2.75, 3.05) is 6.54 Å². The first-order valence-corrected chi connectivity index (χ1v) is 5.41. The first-order valence-electron chi connectivity index (χ1n) is 4.62. The SMILES string of the molecule is CC(C)(CN)OCc1ccc(Br)cc1. The number of ether oxygens (including phenoxy) is 1. The highest BCUT2D eigenvalue weighted by molar-refractivity contribution is 9.10. The van der Waals surface area contributed by atoms with Crippen LogP contribution in [0, 0.1) is 0 Å². The van der Waals surface area contributed by atoms with E-state index in [0.29, 0.717) is 13.2 Å². The third-order valence-corrected chi connectivity index (χ3v) is 2.56. The molecule has 0 bridgehead atoms. The predicted molar refractivity (Wildman–Crippen MR) is 62.1 cm³/mol.